The molecular formula is C28H21FN4O4. The normalized spacial score (nSPS) is 18.0. The fourth-order valence-corrected chi connectivity index (χ4v) is 4.29. The molecule has 4 amide bonds. The van der Waals surface area contributed by atoms with Gasteiger partial charge in [0.1, 0.15) is 11.6 Å². The number of ether oxygens (including phenoxy) is 1. The van der Waals surface area contributed by atoms with E-state index in [1.165, 1.54) is 36.3 Å². The highest BCUT2D eigenvalue weighted by molar-refractivity contribution is 6.11. The minimum Gasteiger partial charge on any atom is -0.497 e. The number of nitrogens with zero attached hydrogens (tertiary/aromatic N) is 1. The van der Waals surface area contributed by atoms with Gasteiger partial charge in [0.05, 0.1) is 19.4 Å². The summed E-state index contributed by atoms with van der Waals surface area (Å²) in [7, 11) is 1.51. The topological polar surface area (TPSA) is 112 Å². The number of amides is 4. The van der Waals surface area contributed by atoms with Gasteiger partial charge in [-0.3, -0.25) is 20.3 Å². The third-order valence-corrected chi connectivity index (χ3v) is 6.29. The standard InChI is InChI=1S/C28H21FN4O4/c1-37-22-11-8-20-15-33(25(34)23(20)14-22)16-28(26(35)31-27(36)32-28)13-12-17-2-4-18(5-3-17)24(30)19-6-9-21(29)10-7-19/h2-11,14,30H,15-16H2,1H3,(H2,31,32,35,36)/t28-/m1/s1. The molecule has 9 heteroatoms. The van der Waals surface area contributed by atoms with Gasteiger partial charge in [-0.2, -0.15) is 0 Å². The lowest BCUT2D eigenvalue weighted by Crippen LogP contribution is -2.54. The quantitative estimate of drug-likeness (QED) is 0.287. The smallest absolute Gasteiger partial charge is 0.323 e. The van der Waals surface area contributed by atoms with Crippen molar-refractivity contribution < 1.29 is 23.5 Å². The molecule has 2 heterocycles. The fourth-order valence-electron chi connectivity index (χ4n) is 4.29. The summed E-state index contributed by atoms with van der Waals surface area (Å²) in [4.78, 5) is 39.3. The first-order valence-corrected chi connectivity index (χ1v) is 11.4. The zero-order valence-corrected chi connectivity index (χ0v) is 19.7. The van der Waals surface area contributed by atoms with Crippen LogP contribution in [0.5, 0.6) is 5.75 Å². The predicted octanol–water partition coefficient (Wildman–Crippen LogP) is 2.84. The molecule has 0 saturated carbocycles. The summed E-state index contributed by atoms with van der Waals surface area (Å²) in [6.07, 6.45) is 0. The van der Waals surface area contributed by atoms with E-state index in [1.807, 2.05) is 0 Å². The molecule has 3 N–H and O–H groups in total. The predicted molar refractivity (Wildman–Crippen MR) is 133 cm³/mol. The van der Waals surface area contributed by atoms with Crippen molar-refractivity contribution in [1.29, 1.82) is 5.41 Å². The maximum absolute atomic E-state index is 13.2. The van der Waals surface area contributed by atoms with E-state index in [2.05, 4.69) is 22.5 Å². The third kappa shape index (κ3) is 4.52. The van der Waals surface area contributed by atoms with Crippen molar-refractivity contribution in [3.05, 3.63) is 100 Å². The van der Waals surface area contributed by atoms with Crippen molar-refractivity contribution in [2.75, 3.05) is 13.7 Å². The van der Waals surface area contributed by atoms with E-state index in [0.717, 1.165) is 5.56 Å². The van der Waals surface area contributed by atoms with Gasteiger partial charge in [-0.05, 0) is 54.1 Å². The Labute approximate surface area is 211 Å². The highest BCUT2D eigenvalue weighted by Gasteiger charge is 2.48. The first-order valence-electron chi connectivity index (χ1n) is 11.4. The van der Waals surface area contributed by atoms with Crippen molar-refractivity contribution in [3.8, 4) is 17.6 Å². The molecule has 0 unspecified atom stereocenters. The van der Waals surface area contributed by atoms with Gasteiger partial charge in [-0.25, -0.2) is 9.18 Å². The van der Waals surface area contributed by atoms with Gasteiger partial charge in [0.2, 0.25) is 5.54 Å². The van der Waals surface area contributed by atoms with Gasteiger partial charge in [-0.15, -0.1) is 0 Å². The van der Waals surface area contributed by atoms with Gasteiger partial charge in [0, 0.05) is 28.8 Å². The monoisotopic (exact) mass is 496 g/mol. The average Bonchev–Trinajstić information content (AvgIpc) is 3.36. The molecule has 2 aliphatic rings. The second-order valence-corrected chi connectivity index (χ2v) is 8.71. The number of halogens is 1. The summed E-state index contributed by atoms with van der Waals surface area (Å²) in [5.41, 5.74) is 1.59. The van der Waals surface area contributed by atoms with Crippen LogP contribution in [0.4, 0.5) is 9.18 Å². The molecule has 1 saturated heterocycles. The lowest BCUT2D eigenvalue weighted by molar-refractivity contribution is -0.122. The molecule has 3 aromatic rings. The maximum Gasteiger partial charge on any atom is 0.323 e. The zero-order chi connectivity index (χ0) is 26.2. The van der Waals surface area contributed by atoms with Crippen LogP contribution in [-0.4, -0.2) is 47.7 Å². The van der Waals surface area contributed by atoms with Crippen LogP contribution in [0.15, 0.2) is 66.7 Å². The number of methoxy groups -OCH3 is 1. The van der Waals surface area contributed by atoms with Crippen LogP contribution >= 0.6 is 0 Å². The average molecular weight is 496 g/mol. The summed E-state index contributed by atoms with van der Waals surface area (Å²) < 4.78 is 18.4. The Morgan fingerprint density at radius 2 is 1.73 bits per heavy atom. The van der Waals surface area contributed by atoms with Crippen molar-refractivity contribution in [3.63, 3.8) is 0 Å². The van der Waals surface area contributed by atoms with Crippen LogP contribution < -0.4 is 15.4 Å². The largest absolute Gasteiger partial charge is 0.497 e. The lowest BCUT2D eigenvalue weighted by atomic mass is 9.98. The van der Waals surface area contributed by atoms with Crippen LogP contribution in [0.3, 0.4) is 0 Å². The van der Waals surface area contributed by atoms with E-state index < -0.39 is 17.5 Å². The number of imide groups is 1. The summed E-state index contributed by atoms with van der Waals surface area (Å²) >= 11 is 0. The molecule has 5 rings (SSSR count). The molecule has 37 heavy (non-hydrogen) atoms. The van der Waals surface area contributed by atoms with Crippen LogP contribution in [0.25, 0.3) is 0 Å². The van der Waals surface area contributed by atoms with E-state index in [4.69, 9.17) is 10.1 Å². The molecule has 8 nitrogen and oxygen atoms in total. The molecule has 0 radical (unpaired) electrons. The molecule has 3 aromatic carbocycles. The van der Waals surface area contributed by atoms with Crippen molar-refractivity contribution in [1.82, 2.24) is 15.5 Å². The van der Waals surface area contributed by atoms with Crippen molar-refractivity contribution in [2.45, 2.75) is 12.1 Å². The van der Waals surface area contributed by atoms with Crippen molar-refractivity contribution >= 4 is 23.6 Å². The number of rotatable bonds is 5. The van der Waals surface area contributed by atoms with E-state index in [1.54, 1.807) is 42.5 Å². The fraction of sp³-hybridized carbons (Fsp3) is 0.143. The van der Waals surface area contributed by atoms with E-state index in [9.17, 15) is 18.8 Å². The molecule has 1 atom stereocenters. The molecule has 2 aliphatic heterocycles. The molecule has 0 spiro atoms. The molecule has 0 aliphatic carbocycles. The van der Waals surface area contributed by atoms with Gasteiger partial charge < -0.3 is 15.0 Å². The van der Waals surface area contributed by atoms with Crippen molar-refractivity contribution in [2.24, 2.45) is 0 Å². The second kappa shape index (κ2) is 9.24. The van der Waals surface area contributed by atoms with Gasteiger partial charge in [0.15, 0.2) is 0 Å². The molecule has 184 valence electrons. The Balaban J connectivity index is 1.38. The van der Waals surface area contributed by atoms with E-state index >= 15 is 0 Å². The number of urea groups is 1. The SMILES string of the molecule is COc1ccc2c(c1)C(=O)N(C[C@@]1(C#Cc3ccc(C(=N)c4ccc(F)cc4)cc3)NC(=O)NC1=O)C2. The number of fused-ring (bicyclic) bond motifs is 1. The molecule has 1 fully saturated rings. The Kier molecular flexibility index (Phi) is 5.93. The first-order chi connectivity index (χ1) is 17.8. The van der Waals surface area contributed by atoms with Crippen LogP contribution in [0.1, 0.15) is 32.6 Å². The van der Waals surface area contributed by atoms with Gasteiger partial charge in [0.25, 0.3) is 11.8 Å². The van der Waals surface area contributed by atoms with Crippen LogP contribution in [0.2, 0.25) is 0 Å². The van der Waals surface area contributed by atoms with Gasteiger partial charge in [-0.1, -0.05) is 30.0 Å². The molecular weight excluding hydrogens is 475 g/mol. The first kappa shape index (κ1) is 23.8. The minimum absolute atomic E-state index is 0.138. The second-order valence-electron chi connectivity index (χ2n) is 8.71. The van der Waals surface area contributed by atoms with E-state index in [0.29, 0.717) is 28.0 Å². The number of carbonyl (C=O) groups excluding carboxylic acids is 3. The van der Waals surface area contributed by atoms with E-state index in [-0.39, 0.29) is 30.5 Å². The summed E-state index contributed by atoms with van der Waals surface area (Å²) in [6.45, 7) is 0.131. The molecule has 0 aromatic heterocycles. The lowest BCUT2D eigenvalue weighted by Gasteiger charge is -2.26. The number of nitrogens with one attached hydrogen (secondary N) is 3. The number of hydrogen-bond donors (Lipinski definition) is 3. The minimum atomic E-state index is -1.63. The Morgan fingerprint density at radius 3 is 2.35 bits per heavy atom. The maximum atomic E-state index is 13.2. The Bertz CT molecular complexity index is 1510. The summed E-state index contributed by atoms with van der Waals surface area (Å²) in [5, 5.41) is 13.1. The zero-order valence-electron chi connectivity index (χ0n) is 19.7. The Morgan fingerprint density at radius 1 is 1.05 bits per heavy atom. The number of hydrogen-bond acceptors (Lipinski definition) is 5. The number of carbonyl (C=O) groups is 3. The number of benzene rings is 3. The van der Waals surface area contributed by atoms with Gasteiger partial charge >= 0.3 is 6.03 Å². The Hall–Kier alpha value is -4.97. The highest BCUT2D eigenvalue weighted by Crippen LogP contribution is 2.28. The van der Waals surface area contributed by atoms with Crippen LogP contribution in [-0.2, 0) is 11.3 Å². The van der Waals surface area contributed by atoms with Crippen LogP contribution in [0, 0.1) is 23.1 Å². The summed E-state index contributed by atoms with van der Waals surface area (Å²) in [6, 6.07) is 16.9. The third-order valence-electron chi connectivity index (χ3n) is 6.29. The highest BCUT2D eigenvalue weighted by atomic mass is 19.1. The summed E-state index contributed by atoms with van der Waals surface area (Å²) in [5.74, 6) is 5.03. The molecule has 0 bridgehead atoms.